The number of halogens is 1. The maximum absolute atomic E-state index is 13.5. The van der Waals surface area contributed by atoms with Gasteiger partial charge in [0.25, 0.3) is 0 Å². The SMILES string of the molecule is CNCc1cc(F)ccc1-c1cccc2ncccc12. The molecule has 2 aromatic carbocycles. The van der Waals surface area contributed by atoms with E-state index < -0.39 is 0 Å². The van der Waals surface area contributed by atoms with Gasteiger partial charge in [-0.05, 0) is 48.0 Å². The van der Waals surface area contributed by atoms with E-state index in [0.29, 0.717) is 6.54 Å². The molecule has 0 atom stereocenters. The van der Waals surface area contributed by atoms with Crippen LogP contribution in [0.5, 0.6) is 0 Å². The van der Waals surface area contributed by atoms with Crippen molar-refractivity contribution >= 4 is 10.9 Å². The van der Waals surface area contributed by atoms with E-state index in [-0.39, 0.29) is 5.82 Å². The molecule has 0 amide bonds. The third-order valence-corrected chi connectivity index (χ3v) is 3.37. The number of aromatic nitrogens is 1. The van der Waals surface area contributed by atoms with Gasteiger partial charge in [-0.2, -0.15) is 0 Å². The van der Waals surface area contributed by atoms with Gasteiger partial charge >= 0.3 is 0 Å². The van der Waals surface area contributed by atoms with E-state index in [0.717, 1.165) is 27.6 Å². The second-order valence-electron chi connectivity index (χ2n) is 4.71. The number of pyridine rings is 1. The van der Waals surface area contributed by atoms with Gasteiger partial charge in [-0.3, -0.25) is 4.98 Å². The fourth-order valence-electron chi connectivity index (χ4n) is 2.50. The fraction of sp³-hybridized carbons (Fsp3) is 0.118. The Kier molecular flexibility index (Phi) is 3.44. The molecular formula is C17H15FN2. The van der Waals surface area contributed by atoms with Gasteiger partial charge in [0.15, 0.2) is 0 Å². The lowest BCUT2D eigenvalue weighted by Crippen LogP contribution is -2.07. The van der Waals surface area contributed by atoms with Crippen molar-refractivity contribution < 1.29 is 4.39 Å². The highest BCUT2D eigenvalue weighted by atomic mass is 19.1. The van der Waals surface area contributed by atoms with E-state index in [9.17, 15) is 4.39 Å². The van der Waals surface area contributed by atoms with Gasteiger partial charge in [-0.1, -0.05) is 24.3 Å². The fourth-order valence-corrected chi connectivity index (χ4v) is 2.50. The average Bonchev–Trinajstić information content (AvgIpc) is 2.47. The summed E-state index contributed by atoms with van der Waals surface area (Å²) in [4.78, 5) is 4.37. The van der Waals surface area contributed by atoms with Gasteiger partial charge in [-0.25, -0.2) is 4.39 Å². The first kappa shape index (κ1) is 12.8. The standard InChI is InChI=1S/C17H15FN2/c1-19-11-12-10-13(18)7-8-14(12)15-4-2-6-17-16(15)5-3-9-20-17/h2-10,19H,11H2,1H3. The van der Waals surface area contributed by atoms with Crippen LogP contribution in [-0.2, 0) is 6.54 Å². The molecule has 3 rings (SSSR count). The van der Waals surface area contributed by atoms with Gasteiger partial charge in [0.1, 0.15) is 5.82 Å². The van der Waals surface area contributed by atoms with Crippen molar-refractivity contribution in [2.75, 3.05) is 7.05 Å². The summed E-state index contributed by atoms with van der Waals surface area (Å²) in [5.74, 6) is -0.211. The van der Waals surface area contributed by atoms with Crippen molar-refractivity contribution in [3.05, 3.63) is 66.1 Å². The molecular weight excluding hydrogens is 251 g/mol. The van der Waals surface area contributed by atoms with E-state index in [1.54, 1.807) is 12.3 Å². The summed E-state index contributed by atoms with van der Waals surface area (Å²) in [5.41, 5.74) is 4.02. The molecule has 0 fully saturated rings. The Morgan fingerprint density at radius 1 is 1.05 bits per heavy atom. The van der Waals surface area contributed by atoms with E-state index in [2.05, 4.69) is 16.4 Å². The van der Waals surface area contributed by atoms with Crippen molar-refractivity contribution in [3.63, 3.8) is 0 Å². The molecule has 0 aliphatic carbocycles. The molecule has 20 heavy (non-hydrogen) atoms. The third-order valence-electron chi connectivity index (χ3n) is 3.37. The second-order valence-corrected chi connectivity index (χ2v) is 4.71. The number of hydrogen-bond donors (Lipinski definition) is 1. The van der Waals surface area contributed by atoms with Gasteiger partial charge in [0.05, 0.1) is 5.52 Å². The van der Waals surface area contributed by atoms with Gasteiger partial charge < -0.3 is 5.32 Å². The Labute approximate surface area is 117 Å². The zero-order valence-electron chi connectivity index (χ0n) is 11.2. The van der Waals surface area contributed by atoms with Crippen molar-refractivity contribution in [3.8, 4) is 11.1 Å². The molecule has 0 radical (unpaired) electrons. The van der Waals surface area contributed by atoms with E-state index >= 15 is 0 Å². The number of nitrogens with zero attached hydrogens (tertiary/aromatic N) is 1. The monoisotopic (exact) mass is 266 g/mol. The lowest BCUT2D eigenvalue weighted by atomic mass is 9.96. The summed E-state index contributed by atoms with van der Waals surface area (Å²) in [6.45, 7) is 0.629. The Morgan fingerprint density at radius 3 is 2.80 bits per heavy atom. The third kappa shape index (κ3) is 2.28. The largest absolute Gasteiger partial charge is 0.316 e. The molecule has 1 N–H and O–H groups in total. The first-order chi connectivity index (χ1) is 9.79. The van der Waals surface area contributed by atoms with Crippen molar-refractivity contribution in [1.82, 2.24) is 10.3 Å². The summed E-state index contributed by atoms with van der Waals surface area (Å²) in [6, 6.07) is 14.9. The number of hydrogen-bond acceptors (Lipinski definition) is 2. The molecule has 3 aromatic rings. The number of rotatable bonds is 3. The van der Waals surface area contributed by atoms with Crippen LogP contribution < -0.4 is 5.32 Å². The number of nitrogens with one attached hydrogen (secondary N) is 1. The normalized spacial score (nSPS) is 10.9. The Morgan fingerprint density at radius 2 is 1.95 bits per heavy atom. The molecule has 0 aliphatic rings. The quantitative estimate of drug-likeness (QED) is 0.780. The number of fused-ring (bicyclic) bond motifs is 1. The van der Waals surface area contributed by atoms with Crippen LogP contribution in [-0.4, -0.2) is 12.0 Å². The lowest BCUT2D eigenvalue weighted by Gasteiger charge is -2.12. The van der Waals surface area contributed by atoms with Gasteiger partial charge in [0, 0.05) is 18.1 Å². The molecule has 1 aromatic heterocycles. The van der Waals surface area contributed by atoms with Crippen molar-refractivity contribution in [2.45, 2.75) is 6.54 Å². The molecule has 0 spiro atoms. The van der Waals surface area contributed by atoms with Crippen molar-refractivity contribution in [1.29, 1.82) is 0 Å². The van der Waals surface area contributed by atoms with Crippen LogP contribution in [0, 0.1) is 5.82 Å². The van der Waals surface area contributed by atoms with Crippen LogP contribution in [0.3, 0.4) is 0 Å². The van der Waals surface area contributed by atoms with Crippen LogP contribution in [0.2, 0.25) is 0 Å². The molecule has 3 heteroatoms. The highest BCUT2D eigenvalue weighted by Gasteiger charge is 2.09. The molecule has 0 unspecified atom stereocenters. The molecule has 100 valence electrons. The summed E-state index contributed by atoms with van der Waals surface area (Å²) in [7, 11) is 1.86. The van der Waals surface area contributed by atoms with Crippen LogP contribution in [0.15, 0.2) is 54.7 Å². The minimum Gasteiger partial charge on any atom is -0.316 e. The van der Waals surface area contributed by atoms with Crippen LogP contribution in [0.1, 0.15) is 5.56 Å². The average molecular weight is 266 g/mol. The van der Waals surface area contributed by atoms with Crippen LogP contribution in [0.4, 0.5) is 4.39 Å². The van der Waals surface area contributed by atoms with Crippen LogP contribution in [0.25, 0.3) is 22.0 Å². The Hall–Kier alpha value is -2.26. The van der Waals surface area contributed by atoms with E-state index in [4.69, 9.17) is 0 Å². The zero-order chi connectivity index (χ0) is 13.9. The molecule has 0 saturated carbocycles. The van der Waals surface area contributed by atoms with E-state index in [1.807, 2.05) is 37.4 Å². The maximum Gasteiger partial charge on any atom is 0.123 e. The molecule has 2 nitrogen and oxygen atoms in total. The highest BCUT2D eigenvalue weighted by molar-refractivity contribution is 5.95. The maximum atomic E-state index is 13.5. The Bertz CT molecular complexity index is 748. The topological polar surface area (TPSA) is 24.9 Å². The Balaban J connectivity index is 2.25. The predicted molar refractivity (Wildman–Crippen MR) is 79.9 cm³/mol. The van der Waals surface area contributed by atoms with Crippen molar-refractivity contribution in [2.24, 2.45) is 0 Å². The summed E-state index contributed by atoms with van der Waals surface area (Å²) in [5, 5.41) is 4.17. The smallest absolute Gasteiger partial charge is 0.123 e. The summed E-state index contributed by atoms with van der Waals surface area (Å²) < 4.78 is 13.5. The summed E-state index contributed by atoms with van der Waals surface area (Å²) >= 11 is 0. The molecule has 0 aliphatic heterocycles. The van der Waals surface area contributed by atoms with E-state index in [1.165, 1.54) is 6.07 Å². The van der Waals surface area contributed by atoms with Gasteiger partial charge in [0.2, 0.25) is 0 Å². The minimum atomic E-state index is -0.211. The summed E-state index contributed by atoms with van der Waals surface area (Å²) in [6.07, 6.45) is 1.78. The molecule has 0 saturated heterocycles. The zero-order valence-corrected chi connectivity index (χ0v) is 11.2. The lowest BCUT2D eigenvalue weighted by molar-refractivity contribution is 0.624. The second kappa shape index (κ2) is 5.39. The van der Waals surface area contributed by atoms with Gasteiger partial charge in [-0.15, -0.1) is 0 Å². The highest BCUT2D eigenvalue weighted by Crippen LogP contribution is 2.30. The molecule has 0 bridgehead atoms. The minimum absolute atomic E-state index is 0.211. The molecule has 1 heterocycles. The first-order valence-electron chi connectivity index (χ1n) is 6.57. The number of benzene rings is 2. The first-order valence-corrected chi connectivity index (χ1v) is 6.57. The predicted octanol–water partition coefficient (Wildman–Crippen LogP) is 3.76. The van der Waals surface area contributed by atoms with Crippen LogP contribution >= 0.6 is 0 Å².